The van der Waals surface area contributed by atoms with Gasteiger partial charge in [0.25, 0.3) is 0 Å². The Morgan fingerprint density at radius 2 is 2.00 bits per heavy atom. The van der Waals surface area contributed by atoms with Crippen molar-refractivity contribution in [2.75, 3.05) is 0 Å². The molecule has 0 spiro atoms. The second kappa shape index (κ2) is 4.35. The van der Waals surface area contributed by atoms with Gasteiger partial charge in [-0.05, 0) is 40.2 Å². The van der Waals surface area contributed by atoms with Crippen LogP contribution in [0.4, 0.5) is 4.39 Å². The van der Waals surface area contributed by atoms with Crippen molar-refractivity contribution in [1.29, 1.82) is 0 Å². The smallest absolute Gasteiger partial charge is 0.141 e. The molecule has 0 aliphatic carbocycles. The third-order valence-corrected chi connectivity index (χ3v) is 3.10. The zero-order valence-electron chi connectivity index (χ0n) is 8.74. The van der Waals surface area contributed by atoms with Crippen LogP contribution in [0.15, 0.2) is 28.9 Å². The van der Waals surface area contributed by atoms with Crippen molar-refractivity contribution in [2.24, 2.45) is 12.8 Å². The molecule has 0 aliphatic rings. The number of nitrogens with two attached hydrogens (primary N) is 1. The average molecular weight is 284 g/mol. The number of hydrogen-bond acceptors (Lipinski definition) is 2. The third kappa shape index (κ3) is 1.88. The topological polar surface area (TPSA) is 43.8 Å². The summed E-state index contributed by atoms with van der Waals surface area (Å²) in [5.41, 5.74) is 7.40. The number of halogens is 2. The lowest BCUT2D eigenvalue weighted by molar-refractivity contribution is 0.628. The third-order valence-electron chi connectivity index (χ3n) is 2.46. The molecule has 0 amide bonds. The molecule has 3 nitrogen and oxygen atoms in total. The summed E-state index contributed by atoms with van der Waals surface area (Å²) in [5.74, 6) is 0.517. The quantitative estimate of drug-likeness (QED) is 0.920. The standard InChI is InChI=1S/C11H11BrFN3/c1-16-9(6-14)10(12)15-11(16)7-2-4-8(13)5-3-7/h2-5H,6,14H2,1H3. The van der Waals surface area contributed by atoms with Crippen LogP contribution in [0.2, 0.25) is 0 Å². The second-order valence-corrected chi connectivity index (χ2v) is 4.19. The molecule has 0 bridgehead atoms. The molecule has 2 N–H and O–H groups in total. The van der Waals surface area contributed by atoms with Gasteiger partial charge < -0.3 is 10.3 Å². The van der Waals surface area contributed by atoms with Crippen LogP contribution >= 0.6 is 15.9 Å². The highest BCUT2D eigenvalue weighted by Gasteiger charge is 2.12. The molecular formula is C11H11BrFN3. The van der Waals surface area contributed by atoms with E-state index in [4.69, 9.17) is 5.73 Å². The van der Waals surface area contributed by atoms with Crippen LogP contribution in [0.1, 0.15) is 5.69 Å². The largest absolute Gasteiger partial charge is 0.329 e. The highest BCUT2D eigenvalue weighted by Crippen LogP contribution is 2.24. The monoisotopic (exact) mass is 283 g/mol. The molecule has 0 unspecified atom stereocenters. The van der Waals surface area contributed by atoms with Crippen molar-refractivity contribution < 1.29 is 4.39 Å². The Hall–Kier alpha value is -1.20. The molecule has 0 aliphatic heterocycles. The van der Waals surface area contributed by atoms with Crippen LogP contribution in [0.25, 0.3) is 11.4 Å². The van der Waals surface area contributed by atoms with Gasteiger partial charge in [0.1, 0.15) is 16.2 Å². The molecule has 0 saturated carbocycles. The molecule has 0 atom stereocenters. The molecule has 2 rings (SSSR count). The molecule has 2 aromatic rings. The summed E-state index contributed by atoms with van der Waals surface area (Å²) < 4.78 is 15.4. The van der Waals surface area contributed by atoms with Gasteiger partial charge in [-0.1, -0.05) is 0 Å². The fourth-order valence-electron chi connectivity index (χ4n) is 1.58. The zero-order chi connectivity index (χ0) is 11.7. The maximum atomic E-state index is 12.8. The average Bonchev–Trinajstić information content (AvgIpc) is 2.55. The first-order valence-electron chi connectivity index (χ1n) is 4.80. The first kappa shape index (κ1) is 11.3. The molecule has 0 fully saturated rings. The minimum atomic E-state index is -0.254. The van der Waals surface area contributed by atoms with Crippen LogP contribution in [-0.4, -0.2) is 9.55 Å². The van der Waals surface area contributed by atoms with Crippen molar-refractivity contribution in [2.45, 2.75) is 6.54 Å². The minimum absolute atomic E-state index is 0.254. The van der Waals surface area contributed by atoms with E-state index in [0.717, 1.165) is 21.7 Å². The van der Waals surface area contributed by atoms with E-state index < -0.39 is 0 Å². The van der Waals surface area contributed by atoms with Crippen molar-refractivity contribution in [3.05, 3.63) is 40.4 Å². The van der Waals surface area contributed by atoms with E-state index in [0.29, 0.717) is 6.54 Å². The predicted octanol–water partition coefficient (Wildman–Crippen LogP) is 2.45. The molecule has 16 heavy (non-hydrogen) atoms. The normalized spacial score (nSPS) is 10.8. The van der Waals surface area contributed by atoms with Gasteiger partial charge in [-0.25, -0.2) is 9.37 Å². The predicted molar refractivity (Wildman–Crippen MR) is 64.2 cm³/mol. The Kier molecular flexibility index (Phi) is 3.07. The van der Waals surface area contributed by atoms with Gasteiger partial charge in [0.15, 0.2) is 0 Å². The highest BCUT2D eigenvalue weighted by atomic mass is 79.9. The van der Waals surface area contributed by atoms with Crippen LogP contribution in [0.3, 0.4) is 0 Å². The summed E-state index contributed by atoms with van der Waals surface area (Å²) >= 11 is 3.35. The van der Waals surface area contributed by atoms with Crippen LogP contribution in [0.5, 0.6) is 0 Å². The maximum absolute atomic E-state index is 12.8. The molecular weight excluding hydrogens is 273 g/mol. The van der Waals surface area contributed by atoms with E-state index in [1.165, 1.54) is 12.1 Å². The SMILES string of the molecule is Cn1c(-c2ccc(F)cc2)nc(Br)c1CN. The molecule has 5 heteroatoms. The van der Waals surface area contributed by atoms with Crippen LogP contribution < -0.4 is 5.73 Å². The van der Waals surface area contributed by atoms with Crippen molar-refractivity contribution in [3.8, 4) is 11.4 Å². The first-order chi connectivity index (χ1) is 7.63. The Balaban J connectivity index is 2.52. The van der Waals surface area contributed by atoms with E-state index in [1.54, 1.807) is 12.1 Å². The lowest BCUT2D eigenvalue weighted by Gasteiger charge is -2.04. The molecule has 0 saturated heterocycles. The van der Waals surface area contributed by atoms with Crippen LogP contribution in [-0.2, 0) is 13.6 Å². The number of rotatable bonds is 2. The Morgan fingerprint density at radius 1 is 1.38 bits per heavy atom. The van der Waals surface area contributed by atoms with Gasteiger partial charge in [0.05, 0.1) is 5.69 Å². The number of benzene rings is 1. The molecule has 1 aromatic carbocycles. The van der Waals surface area contributed by atoms with Crippen molar-refractivity contribution in [3.63, 3.8) is 0 Å². The summed E-state index contributed by atoms with van der Waals surface area (Å²) in [6.07, 6.45) is 0. The van der Waals surface area contributed by atoms with E-state index in [-0.39, 0.29) is 5.82 Å². The Morgan fingerprint density at radius 3 is 2.50 bits per heavy atom. The van der Waals surface area contributed by atoms with E-state index in [1.807, 2.05) is 11.6 Å². The van der Waals surface area contributed by atoms with Gasteiger partial charge in [-0.2, -0.15) is 0 Å². The zero-order valence-corrected chi connectivity index (χ0v) is 10.3. The van der Waals surface area contributed by atoms with E-state index in [2.05, 4.69) is 20.9 Å². The fraction of sp³-hybridized carbons (Fsp3) is 0.182. The van der Waals surface area contributed by atoms with E-state index in [9.17, 15) is 4.39 Å². The molecule has 1 heterocycles. The van der Waals surface area contributed by atoms with E-state index >= 15 is 0 Å². The minimum Gasteiger partial charge on any atom is -0.329 e. The Bertz CT molecular complexity index is 505. The first-order valence-corrected chi connectivity index (χ1v) is 5.60. The van der Waals surface area contributed by atoms with Crippen LogP contribution in [0, 0.1) is 5.82 Å². The summed E-state index contributed by atoms with van der Waals surface area (Å²) in [6.45, 7) is 0.408. The molecule has 0 radical (unpaired) electrons. The lowest BCUT2D eigenvalue weighted by Crippen LogP contribution is -2.04. The van der Waals surface area contributed by atoms with Gasteiger partial charge in [0.2, 0.25) is 0 Å². The van der Waals surface area contributed by atoms with Gasteiger partial charge >= 0.3 is 0 Å². The summed E-state index contributed by atoms with van der Waals surface area (Å²) in [4.78, 5) is 4.36. The second-order valence-electron chi connectivity index (χ2n) is 3.44. The molecule has 1 aromatic heterocycles. The van der Waals surface area contributed by atoms with Gasteiger partial charge in [0, 0.05) is 19.2 Å². The van der Waals surface area contributed by atoms with Crippen molar-refractivity contribution in [1.82, 2.24) is 9.55 Å². The molecule has 84 valence electrons. The Labute approximate surface area is 101 Å². The summed E-state index contributed by atoms with van der Waals surface area (Å²) in [5, 5.41) is 0. The lowest BCUT2D eigenvalue weighted by atomic mass is 10.2. The number of aromatic nitrogens is 2. The number of hydrogen-bond donors (Lipinski definition) is 1. The highest BCUT2D eigenvalue weighted by molar-refractivity contribution is 9.10. The number of imidazole rings is 1. The van der Waals surface area contributed by atoms with Crippen molar-refractivity contribution >= 4 is 15.9 Å². The van der Waals surface area contributed by atoms with Gasteiger partial charge in [-0.3, -0.25) is 0 Å². The van der Waals surface area contributed by atoms with Gasteiger partial charge in [-0.15, -0.1) is 0 Å². The number of nitrogens with zero attached hydrogens (tertiary/aromatic N) is 2. The fourth-order valence-corrected chi connectivity index (χ4v) is 2.17. The summed E-state index contributed by atoms with van der Waals surface area (Å²) in [6, 6.07) is 6.23. The maximum Gasteiger partial charge on any atom is 0.141 e. The summed E-state index contributed by atoms with van der Waals surface area (Å²) in [7, 11) is 1.89.